The zero-order valence-electron chi connectivity index (χ0n) is 14.6. The van der Waals surface area contributed by atoms with Gasteiger partial charge in [0.25, 0.3) is 0 Å². The van der Waals surface area contributed by atoms with Gasteiger partial charge in [-0.2, -0.15) is 0 Å². The van der Waals surface area contributed by atoms with Crippen molar-refractivity contribution in [2.75, 3.05) is 6.61 Å². The van der Waals surface area contributed by atoms with Gasteiger partial charge in [0, 0.05) is 6.42 Å². The number of ketones is 1. The van der Waals surface area contributed by atoms with Crippen LogP contribution in [0, 0.1) is 5.92 Å². The molecule has 0 aromatic rings. The minimum Gasteiger partial charge on any atom is -0.466 e. The molecule has 0 heterocycles. The Hall–Kier alpha value is -1.39. The van der Waals surface area contributed by atoms with Gasteiger partial charge in [-0.25, -0.2) is 0 Å². The first-order valence-corrected chi connectivity index (χ1v) is 8.06. The van der Waals surface area contributed by atoms with E-state index in [9.17, 15) is 14.4 Å². The summed E-state index contributed by atoms with van der Waals surface area (Å²) in [4.78, 5) is 34.7. The molecule has 0 unspecified atom stereocenters. The highest BCUT2D eigenvalue weighted by Crippen LogP contribution is 2.18. The topological polar surface area (TPSA) is 69.7 Å². The van der Waals surface area contributed by atoms with Crippen LogP contribution < -0.4 is 0 Å². The summed E-state index contributed by atoms with van der Waals surface area (Å²) in [6.45, 7) is 8.99. The first-order valence-electron chi connectivity index (χ1n) is 8.06. The van der Waals surface area contributed by atoms with Gasteiger partial charge < -0.3 is 9.47 Å². The Balaban J connectivity index is 4.00. The third kappa shape index (κ3) is 10.4. The maximum atomic E-state index is 12.0. The maximum absolute atomic E-state index is 12.0. The van der Waals surface area contributed by atoms with E-state index in [1.165, 1.54) is 6.92 Å². The van der Waals surface area contributed by atoms with Crippen LogP contribution in [0.3, 0.4) is 0 Å². The second-order valence-electron chi connectivity index (χ2n) is 6.45. The van der Waals surface area contributed by atoms with Crippen molar-refractivity contribution in [2.45, 2.75) is 78.7 Å². The molecular weight excluding hydrogens is 284 g/mol. The summed E-state index contributed by atoms with van der Waals surface area (Å²) in [6.07, 6.45) is 4.24. The van der Waals surface area contributed by atoms with Gasteiger partial charge in [0.2, 0.25) is 0 Å². The number of ether oxygens (including phenoxy) is 2. The zero-order valence-corrected chi connectivity index (χ0v) is 14.6. The van der Waals surface area contributed by atoms with Crippen molar-refractivity contribution in [3.8, 4) is 0 Å². The van der Waals surface area contributed by atoms with Crippen molar-refractivity contribution in [1.82, 2.24) is 0 Å². The fraction of sp³-hybridized carbons (Fsp3) is 0.824. The molecule has 0 aliphatic carbocycles. The van der Waals surface area contributed by atoms with Crippen LogP contribution in [0.25, 0.3) is 0 Å². The summed E-state index contributed by atoms with van der Waals surface area (Å²) in [5.74, 6) is -1.44. The number of Topliss-reactive ketones (excluding diaryl/α,β-unsaturated/α-hetero) is 1. The Bertz CT molecular complexity index is 368. The van der Waals surface area contributed by atoms with Crippen molar-refractivity contribution in [1.29, 1.82) is 0 Å². The van der Waals surface area contributed by atoms with Crippen LogP contribution in [-0.4, -0.2) is 29.9 Å². The minimum absolute atomic E-state index is 0.152. The van der Waals surface area contributed by atoms with Gasteiger partial charge in [0.15, 0.2) is 0 Å². The minimum atomic E-state index is -0.677. The van der Waals surface area contributed by atoms with Crippen molar-refractivity contribution in [3.05, 3.63) is 0 Å². The summed E-state index contributed by atoms with van der Waals surface area (Å²) in [5.41, 5.74) is -0.579. The summed E-state index contributed by atoms with van der Waals surface area (Å²) in [6, 6.07) is 0. The monoisotopic (exact) mass is 314 g/mol. The third-order valence-corrected chi connectivity index (χ3v) is 3.11. The molecule has 0 rings (SSSR count). The van der Waals surface area contributed by atoms with Crippen LogP contribution in [0.4, 0.5) is 0 Å². The highest BCUT2D eigenvalue weighted by molar-refractivity contribution is 5.97. The van der Waals surface area contributed by atoms with E-state index >= 15 is 0 Å². The van der Waals surface area contributed by atoms with Crippen LogP contribution in [0.1, 0.15) is 73.1 Å². The van der Waals surface area contributed by atoms with Crippen LogP contribution >= 0.6 is 0 Å². The Labute approximate surface area is 133 Å². The fourth-order valence-electron chi connectivity index (χ4n) is 2.06. The molecule has 5 nitrogen and oxygen atoms in total. The predicted molar refractivity (Wildman–Crippen MR) is 84.4 cm³/mol. The first-order chi connectivity index (χ1) is 10.2. The van der Waals surface area contributed by atoms with Gasteiger partial charge in [-0.3, -0.25) is 14.4 Å². The molecule has 0 aromatic carbocycles. The molecule has 0 saturated carbocycles. The highest BCUT2D eigenvalue weighted by atomic mass is 16.6. The average Bonchev–Trinajstić information content (AvgIpc) is 2.35. The second kappa shape index (κ2) is 10.4. The van der Waals surface area contributed by atoms with Crippen molar-refractivity contribution in [3.63, 3.8) is 0 Å². The molecule has 0 N–H and O–H groups in total. The highest BCUT2D eigenvalue weighted by Gasteiger charge is 2.28. The smallest absolute Gasteiger partial charge is 0.316 e. The lowest BCUT2D eigenvalue weighted by atomic mass is 9.96. The molecule has 0 spiro atoms. The van der Waals surface area contributed by atoms with Crippen LogP contribution in [0.2, 0.25) is 0 Å². The molecule has 128 valence electrons. The van der Waals surface area contributed by atoms with Crippen LogP contribution in [0.5, 0.6) is 0 Å². The van der Waals surface area contributed by atoms with E-state index in [0.717, 1.165) is 25.7 Å². The Kier molecular flexibility index (Phi) is 9.70. The molecule has 0 aliphatic heterocycles. The lowest BCUT2D eigenvalue weighted by molar-refractivity contribution is -0.162. The quantitative estimate of drug-likeness (QED) is 0.351. The number of carbonyl (C=O) groups excluding carboxylic acids is 3. The number of esters is 2. The molecular formula is C17H30O5. The van der Waals surface area contributed by atoms with Crippen LogP contribution in [-0.2, 0) is 23.9 Å². The summed E-state index contributed by atoms with van der Waals surface area (Å²) >= 11 is 0. The number of rotatable bonds is 10. The SMILES string of the molecule is CCOC(=O)CCCCCC[C@@H](C(C)=O)C(=O)OC(C)(C)C. The third-order valence-electron chi connectivity index (χ3n) is 3.11. The van der Waals surface area contributed by atoms with Crippen molar-refractivity contribution < 1.29 is 23.9 Å². The van der Waals surface area contributed by atoms with E-state index in [0.29, 0.717) is 19.4 Å². The molecule has 0 saturated heterocycles. The normalized spacial score (nSPS) is 12.6. The van der Waals surface area contributed by atoms with Gasteiger partial charge in [0.1, 0.15) is 17.3 Å². The van der Waals surface area contributed by atoms with Gasteiger partial charge >= 0.3 is 11.9 Å². The standard InChI is InChI=1S/C17H30O5/c1-6-21-15(19)12-10-8-7-9-11-14(13(2)18)16(20)22-17(3,4)5/h14H,6-12H2,1-5H3/t14-/m0/s1. The number of unbranched alkanes of at least 4 members (excludes halogenated alkanes) is 3. The molecule has 1 atom stereocenters. The average molecular weight is 314 g/mol. The fourth-order valence-corrected chi connectivity index (χ4v) is 2.06. The molecule has 5 heteroatoms. The van der Waals surface area contributed by atoms with E-state index < -0.39 is 17.5 Å². The number of hydrogen-bond acceptors (Lipinski definition) is 5. The second-order valence-corrected chi connectivity index (χ2v) is 6.45. The van der Waals surface area contributed by atoms with Crippen LogP contribution in [0.15, 0.2) is 0 Å². The predicted octanol–water partition coefficient (Wildman–Crippen LogP) is 3.44. The Morgan fingerprint density at radius 2 is 1.59 bits per heavy atom. The maximum Gasteiger partial charge on any atom is 0.316 e. The van der Waals surface area contributed by atoms with E-state index in [2.05, 4.69) is 0 Å². The molecule has 0 aromatic heterocycles. The Morgan fingerprint density at radius 1 is 1.00 bits per heavy atom. The van der Waals surface area contributed by atoms with Crippen molar-refractivity contribution in [2.24, 2.45) is 5.92 Å². The van der Waals surface area contributed by atoms with E-state index in [1.54, 1.807) is 27.7 Å². The van der Waals surface area contributed by atoms with Gasteiger partial charge in [-0.05, 0) is 47.5 Å². The lowest BCUT2D eigenvalue weighted by Crippen LogP contribution is -2.31. The van der Waals surface area contributed by atoms with E-state index in [1.807, 2.05) is 0 Å². The summed E-state index contributed by atoms with van der Waals surface area (Å²) in [7, 11) is 0. The number of hydrogen-bond donors (Lipinski definition) is 0. The summed E-state index contributed by atoms with van der Waals surface area (Å²) in [5, 5.41) is 0. The van der Waals surface area contributed by atoms with Gasteiger partial charge in [-0.15, -0.1) is 0 Å². The zero-order chi connectivity index (χ0) is 17.2. The van der Waals surface area contributed by atoms with E-state index in [4.69, 9.17) is 9.47 Å². The number of carbonyl (C=O) groups is 3. The largest absolute Gasteiger partial charge is 0.466 e. The molecule has 0 bridgehead atoms. The Morgan fingerprint density at radius 3 is 2.09 bits per heavy atom. The molecule has 22 heavy (non-hydrogen) atoms. The lowest BCUT2D eigenvalue weighted by Gasteiger charge is -2.22. The first kappa shape index (κ1) is 20.6. The van der Waals surface area contributed by atoms with Crippen molar-refractivity contribution >= 4 is 17.7 Å². The molecule has 0 radical (unpaired) electrons. The van der Waals surface area contributed by atoms with E-state index in [-0.39, 0.29) is 11.8 Å². The molecule has 0 fully saturated rings. The van der Waals surface area contributed by atoms with Gasteiger partial charge in [-0.1, -0.05) is 19.3 Å². The van der Waals surface area contributed by atoms with Gasteiger partial charge in [0.05, 0.1) is 6.61 Å². The summed E-state index contributed by atoms with van der Waals surface area (Å²) < 4.78 is 10.1. The molecule has 0 aliphatic rings. The molecule has 0 amide bonds.